The van der Waals surface area contributed by atoms with Gasteiger partial charge in [0, 0.05) is 80.2 Å². The Labute approximate surface area is 374 Å². The lowest BCUT2D eigenvalue weighted by Crippen LogP contribution is -2.30. The van der Waals surface area contributed by atoms with E-state index in [1.807, 2.05) is 0 Å². The van der Waals surface area contributed by atoms with E-state index in [1.165, 1.54) is 33.4 Å². The molecule has 7 heteroatoms. The molecule has 0 aromatic heterocycles. The normalized spacial score (nSPS) is 18.8. The molecule has 7 nitrogen and oxygen atoms in total. The van der Waals surface area contributed by atoms with Crippen molar-refractivity contribution in [1.29, 1.82) is 0 Å². The maximum absolute atomic E-state index is 12.5. The molecular formula is C56H62N3O4+. The van der Waals surface area contributed by atoms with Gasteiger partial charge in [0.05, 0.1) is 13.1 Å². The van der Waals surface area contributed by atoms with Crippen molar-refractivity contribution in [2.45, 2.75) is 85.5 Å². The van der Waals surface area contributed by atoms with E-state index in [0.29, 0.717) is 24.2 Å². The van der Waals surface area contributed by atoms with Gasteiger partial charge in [0.2, 0.25) is 17.1 Å². The molecule has 7 rings (SSSR count). The van der Waals surface area contributed by atoms with Crippen LogP contribution in [0.3, 0.4) is 0 Å². The number of ether oxygens (including phenoxy) is 2. The van der Waals surface area contributed by atoms with Gasteiger partial charge in [-0.1, -0.05) is 125 Å². The molecule has 0 N–H and O–H groups in total. The molecule has 63 heavy (non-hydrogen) atoms. The van der Waals surface area contributed by atoms with Gasteiger partial charge < -0.3 is 19.3 Å². The molecule has 0 radical (unpaired) electrons. The van der Waals surface area contributed by atoms with Gasteiger partial charge in [0.25, 0.3) is 0 Å². The van der Waals surface area contributed by atoms with Crippen molar-refractivity contribution >= 4 is 40.4 Å². The molecule has 0 bridgehead atoms. The SMILES string of the molecule is C=C(C)C(=O)OCCN1C(=CC=C2CCCC(=CC=C3N(CCOC(=O)C(=C)C)c4ccc(C)cc4C3(C)C)C2=[N+](c2ccccc2)c2ccccc2)C(C)(C)c2cc(C)ccc21. The monoisotopic (exact) mass is 840 g/mol. The highest BCUT2D eigenvalue weighted by Crippen LogP contribution is 2.49. The van der Waals surface area contributed by atoms with Crippen LogP contribution in [0.5, 0.6) is 0 Å². The van der Waals surface area contributed by atoms with Gasteiger partial charge in [0.15, 0.2) is 0 Å². The Balaban J connectivity index is 1.40. The third kappa shape index (κ3) is 9.20. The van der Waals surface area contributed by atoms with Crippen LogP contribution in [0.25, 0.3) is 0 Å². The van der Waals surface area contributed by atoms with E-state index >= 15 is 0 Å². The fourth-order valence-electron chi connectivity index (χ4n) is 9.21. The Kier molecular flexibility index (Phi) is 13.1. The van der Waals surface area contributed by atoms with E-state index in [4.69, 9.17) is 9.47 Å². The molecule has 0 unspecified atom stereocenters. The number of allylic oxidation sites excluding steroid dienone is 8. The zero-order valence-electron chi connectivity index (χ0n) is 38.4. The molecule has 0 amide bonds. The van der Waals surface area contributed by atoms with Crippen molar-refractivity contribution in [3.8, 4) is 0 Å². The highest BCUT2D eigenvalue weighted by Gasteiger charge is 2.42. The summed E-state index contributed by atoms with van der Waals surface area (Å²) in [5, 5.41) is 0. The van der Waals surface area contributed by atoms with Crippen molar-refractivity contribution in [1.82, 2.24) is 4.58 Å². The van der Waals surface area contributed by atoms with Crippen molar-refractivity contribution in [2.24, 2.45) is 0 Å². The maximum atomic E-state index is 12.5. The van der Waals surface area contributed by atoms with Gasteiger partial charge in [-0.3, -0.25) is 0 Å². The van der Waals surface area contributed by atoms with Crippen molar-refractivity contribution in [3.63, 3.8) is 0 Å². The number of anilines is 2. The minimum atomic E-state index is -0.378. The zero-order valence-corrected chi connectivity index (χ0v) is 38.4. The summed E-state index contributed by atoms with van der Waals surface area (Å²) < 4.78 is 13.7. The van der Waals surface area contributed by atoms with Crippen LogP contribution in [-0.4, -0.2) is 44.0 Å². The molecule has 324 valence electrons. The van der Waals surface area contributed by atoms with Crippen LogP contribution < -0.4 is 14.4 Å². The first-order valence-electron chi connectivity index (χ1n) is 22.1. The molecule has 2 heterocycles. The number of carbonyl (C=O) groups excluding carboxylic acids is 2. The Morgan fingerprint density at radius 2 is 1.02 bits per heavy atom. The molecule has 0 spiro atoms. The number of aryl methyl sites for hydroxylation is 2. The Morgan fingerprint density at radius 1 is 0.619 bits per heavy atom. The van der Waals surface area contributed by atoms with Gasteiger partial charge in [-0.15, -0.1) is 0 Å². The van der Waals surface area contributed by atoms with Crippen molar-refractivity contribution in [3.05, 3.63) is 190 Å². The van der Waals surface area contributed by atoms with E-state index in [1.54, 1.807) is 13.8 Å². The van der Waals surface area contributed by atoms with Crippen LogP contribution in [0.15, 0.2) is 168 Å². The fourth-order valence-corrected chi connectivity index (χ4v) is 9.21. The molecule has 1 aliphatic carbocycles. The number of hydrogen-bond donors (Lipinski definition) is 0. The summed E-state index contributed by atoms with van der Waals surface area (Å²) in [5.41, 5.74) is 15.4. The third-order valence-corrected chi connectivity index (χ3v) is 12.5. The molecular weight excluding hydrogens is 779 g/mol. The standard InChI is InChI=1S/C56H62N3O4/c1-38(2)53(60)62-34-32-57-48-28-24-40(5)36-46(48)55(7,8)50(57)30-26-42-18-17-19-43(52(42)59(44-20-13-11-14-21-44)45-22-15-12-16-23-45)27-31-51-56(9,10)47-37-41(6)25-29-49(47)58(51)33-35-63-54(61)39(3)4/h11-16,20-31,36-37H,1,3,17-19,32-35H2,2,4-10H3/q+1. The molecule has 0 atom stereocenters. The second-order valence-electron chi connectivity index (χ2n) is 18.1. The molecule has 1 fully saturated rings. The molecule has 0 saturated heterocycles. The van der Waals surface area contributed by atoms with Gasteiger partial charge in [-0.25, -0.2) is 9.59 Å². The second kappa shape index (κ2) is 18.5. The van der Waals surface area contributed by atoms with Crippen LogP contribution in [0, 0.1) is 13.8 Å². The lowest BCUT2D eigenvalue weighted by Gasteiger charge is -2.27. The van der Waals surface area contributed by atoms with Crippen LogP contribution in [-0.2, 0) is 29.9 Å². The predicted octanol–water partition coefficient (Wildman–Crippen LogP) is 12.2. The number of fused-ring (bicyclic) bond motifs is 2. The van der Waals surface area contributed by atoms with Gasteiger partial charge >= 0.3 is 11.9 Å². The number of rotatable bonds is 12. The highest BCUT2D eigenvalue weighted by atomic mass is 16.5. The summed E-state index contributed by atoms with van der Waals surface area (Å²) in [7, 11) is 0. The zero-order chi connectivity index (χ0) is 45.1. The average Bonchev–Trinajstić information content (AvgIpc) is 3.60. The van der Waals surface area contributed by atoms with Crippen LogP contribution in [0.1, 0.15) is 83.1 Å². The summed E-state index contributed by atoms with van der Waals surface area (Å²) in [6.45, 7) is 25.8. The lowest BCUT2D eigenvalue weighted by molar-refractivity contribution is -0.139. The summed E-state index contributed by atoms with van der Waals surface area (Å²) in [5.74, 6) is -0.755. The number of carbonyl (C=O) groups is 2. The second-order valence-corrected chi connectivity index (χ2v) is 18.1. The molecule has 3 aliphatic rings. The van der Waals surface area contributed by atoms with Gasteiger partial charge in [-0.2, -0.15) is 4.58 Å². The minimum Gasteiger partial charge on any atom is -0.460 e. The van der Waals surface area contributed by atoms with Crippen LogP contribution in [0.4, 0.5) is 22.7 Å². The highest BCUT2D eigenvalue weighted by molar-refractivity contribution is 6.16. The number of esters is 2. The van der Waals surface area contributed by atoms with Crippen LogP contribution in [0.2, 0.25) is 0 Å². The van der Waals surface area contributed by atoms with Gasteiger partial charge in [-0.05, 0) is 82.4 Å². The maximum Gasteiger partial charge on any atom is 0.333 e. The first-order valence-corrected chi connectivity index (χ1v) is 22.1. The number of hydrogen-bond acceptors (Lipinski definition) is 6. The Morgan fingerprint density at radius 3 is 1.40 bits per heavy atom. The number of nitrogens with zero attached hydrogens (tertiary/aromatic N) is 3. The number of benzene rings is 4. The van der Waals surface area contributed by atoms with Crippen molar-refractivity contribution < 1.29 is 19.1 Å². The Hall–Kier alpha value is -6.47. The summed E-state index contributed by atoms with van der Waals surface area (Å²) in [6.07, 6.45) is 12.0. The first kappa shape index (κ1) is 44.6. The summed E-state index contributed by atoms with van der Waals surface area (Å²) in [4.78, 5) is 29.6. The lowest BCUT2D eigenvalue weighted by atomic mass is 9.81. The van der Waals surface area contributed by atoms with E-state index < -0.39 is 0 Å². The molecule has 4 aromatic rings. The summed E-state index contributed by atoms with van der Waals surface area (Å²) in [6, 6.07) is 34.5. The topological polar surface area (TPSA) is 62.1 Å². The quantitative estimate of drug-likeness (QED) is 0.0804. The predicted molar refractivity (Wildman–Crippen MR) is 260 cm³/mol. The van der Waals surface area contributed by atoms with Gasteiger partial charge in [0.1, 0.15) is 13.2 Å². The molecule has 2 aliphatic heterocycles. The fraction of sp³-hybridized carbons (Fsp3) is 0.304. The van der Waals surface area contributed by atoms with E-state index in [9.17, 15) is 9.59 Å². The largest absolute Gasteiger partial charge is 0.460 e. The van der Waals surface area contributed by atoms with Crippen molar-refractivity contribution in [2.75, 3.05) is 36.1 Å². The smallest absolute Gasteiger partial charge is 0.333 e. The Bertz CT molecular complexity index is 2430. The number of para-hydroxylation sites is 2. The van der Waals surface area contributed by atoms with E-state index in [2.05, 4.69) is 190 Å². The molecule has 1 saturated carbocycles. The van der Waals surface area contributed by atoms with E-state index in [0.717, 1.165) is 59.1 Å². The van der Waals surface area contributed by atoms with E-state index in [-0.39, 0.29) is 36.0 Å². The first-order chi connectivity index (χ1) is 30.1. The summed E-state index contributed by atoms with van der Waals surface area (Å²) >= 11 is 0. The third-order valence-electron chi connectivity index (χ3n) is 12.5. The minimum absolute atomic E-state index is 0.241. The van der Waals surface area contributed by atoms with Crippen LogP contribution >= 0.6 is 0 Å². The average molecular weight is 841 g/mol. The molecule has 4 aromatic carbocycles.